The molecule has 1 rings (SSSR count). The molecule has 39 heavy (non-hydrogen) atoms. The van der Waals surface area contributed by atoms with Crippen molar-refractivity contribution in [2.24, 2.45) is 0 Å². The number of alkyl carbamates (subject to hydrolysis) is 1. The van der Waals surface area contributed by atoms with Gasteiger partial charge in [0, 0.05) is 24.2 Å². The van der Waals surface area contributed by atoms with Gasteiger partial charge >= 0.3 is 6.09 Å². The summed E-state index contributed by atoms with van der Waals surface area (Å²) in [5.74, 6) is 0.534. The van der Waals surface area contributed by atoms with Crippen molar-refractivity contribution in [2.75, 3.05) is 61.2 Å². The number of amides is 1. The van der Waals surface area contributed by atoms with E-state index in [1.807, 2.05) is 25.9 Å². The number of likely N-dealkylation sites (N-methyl/N-ethyl adjacent to an activating group) is 1. The van der Waals surface area contributed by atoms with E-state index >= 15 is 0 Å². The number of hydrogen-bond acceptors (Lipinski definition) is 9. The van der Waals surface area contributed by atoms with E-state index in [2.05, 4.69) is 18.2 Å². The number of Topliss-reactive ketones (excluding diaryl/α,β-unsaturated/α-hetero) is 1. The summed E-state index contributed by atoms with van der Waals surface area (Å²) < 4.78 is 26.3. The van der Waals surface area contributed by atoms with Gasteiger partial charge < -0.3 is 38.4 Å². The van der Waals surface area contributed by atoms with Crippen LogP contribution in [0.5, 0.6) is 0 Å². The van der Waals surface area contributed by atoms with Crippen molar-refractivity contribution < 1.29 is 37.7 Å². The molecule has 0 saturated carbocycles. The number of nitrogens with one attached hydrogen (secondary N) is 1. The van der Waals surface area contributed by atoms with Gasteiger partial charge in [0.2, 0.25) is 19.1 Å². The molecule has 0 aromatic rings. The lowest BCUT2D eigenvalue weighted by atomic mass is 9.87. The van der Waals surface area contributed by atoms with Crippen LogP contribution < -0.4 is 5.32 Å². The molecule has 224 valence electrons. The predicted molar refractivity (Wildman–Crippen MR) is 156 cm³/mol. The van der Waals surface area contributed by atoms with Gasteiger partial charge in [0.1, 0.15) is 0 Å². The number of unbranched alkanes of at least 4 members (excludes halogenated alkanes) is 7. The zero-order valence-electron chi connectivity index (χ0n) is 24.5. The van der Waals surface area contributed by atoms with E-state index in [9.17, 15) is 14.5 Å². The molecular formula is C28H49N2O8P. The first kappa shape index (κ1) is 34.9. The van der Waals surface area contributed by atoms with Crippen LogP contribution in [0.4, 0.5) is 4.79 Å². The van der Waals surface area contributed by atoms with Gasteiger partial charge in [-0.05, 0) is 52.2 Å². The number of allylic oxidation sites excluding steroid dienone is 2. The quantitative estimate of drug-likeness (QED) is 0.145. The minimum Gasteiger partial charge on any atom is -0.492 e. The van der Waals surface area contributed by atoms with Crippen LogP contribution in [-0.2, 0) is 28.1 Å². The van der Waals surface area contributed by atoms with E-state index < -0.39 is 13.7 Å². The van der Waals surface area contributed by atoms with E-state index in [1.165, 1.54) is 14.2 Å². The monoisotopic (exact) mass is 572 g/mol. The number of ketones is 1. The maximum Gasteiger partial charge on any atom is 0.407 e. The summed E-state index contributed by atoms with van der Waals surface area (Å²) in [7, 11) is 3.68. The molecule has 0 spiro atoms. The molecule has 0 bridgehead atoms. The van der Waals surface area contributed by atoms with Crippen molar-refractivity contribution in [2.45, 2.75) is 64.7 Å². The number of ether oxygens (including phenoxy) is 3. The molecule has 1 atom stereocenters. The van der Waals surface area contributed by atoms with Crippen molar-refractivity contribution in [1.82, 2.24) is 10.2 Å². The van der Waals surface area contributed by atoms with Gasteiger partial charge in [0.25, 0.3) is 0 Å². The van der Waals surface area contributed by atoms with Crippen LogP contribution in [0.2, 0.25) is 0 Å². The van der Waals surface area contributed by atoms with Crippen molar-refractivity contribution in [3.8, 4) is 0 Å². The highest BCUT2D eigenvalue weighted by molar-refractivity contribution is 7.58. The molecule has 11 heteroatoms. The van der Waals surface area contributed by atoms with Crippen molar-refractivity contribution in [1.29, 1.82) is 0 Å². The van der Waals surface area contributed by atoms with Crippen LogP contribution in [0.15, 0.2) is 34.8 Å². The average Bonchev–Trinajstić information content (AvgIpc) is 2.88. The third kappa shape index (κ3) is 13.7. The maximum absolute atomic E-state index is 12.5. The van der Waals surface area contributed by atoms with Crippen LogP contribution in [0.3, 0.4) is 0 Å². The molecule has 1 aliphatic rings. The van der Waals surface area contributed by atoms with Crippen LogP contribution >= 0.6 is 7.57 Å². The Balaban J connectivity index is 2.04. The first-order chi connectivity index (χ1) is 18.5. The molecule has 0 fully saturated rings. The Kier molecular flexibility index (Phi) is 17.1. The molecule has 0 aromatic carbocycles. The van der Waals surface area contributed by atoms with Crippen molar-refractivity contribution >= 4 is 25.7 Å². The summed E-state index contributed by atoms with van der Waals surface area (Å²) in [5, 5.41) is 2.59. The molecule has 0 aliphatic heterocycles. The number of nitrogens with zero attached hydrogens (tertiary/aromatic N) is 1. The first-order valence-corrected chi connectivity index (χ1v) is 15.4. The Labute approximate surface area is 234 Å². The minimum atomic E-state index is -3.12. The Morgan fingerprint density at radius 1 is 0.923 bits per heavy atom. The van der Waals surface area contributed by atoms with Gasteiger partial charge in [0.15, 0.2) is 5.76 Å². The van der Waals surface area contributed by atoms with Gasteiger partial charge in [0.05, 0.1) is 34.0 Å². The molecule has 0 radical (unpaired) electrons. The average molecular weight is 573 g/mol. The molecule has 1 aliphatic carbocycles. The van der Waals surface area contributed by atoms with Gasteiger partial charge in [-0.2, -0.15) is 0 Å². The zero-order valence-corrected chi connectivity index (χ0v) is 25.4. The molecule has 2 N–H and O–H groups in total. The molecule has 1 amide bonds. The summed E-state index contributed by atoms with van der Waals surface area (Å²) in [4.78, 5) is 36.2. The summed E-state index contributed by atoms with van der Waals surface area (Å²) in [5.41, 5.74) is 2.39. The fourth-order valence-corrected chi connectivity index (χ4v) is 4.89. The smallest absolute Gasteiger partial charge is 0.407 e. The van der Waals surface area contributed by atoms with Crippen LogP contribution in [0, 0.1) is 0 Å². The van der Waals surface area contributed by atoms with Gasteiger partial charge in [-0.3, -0.25) is 4.79 Å². The van der Waals surface area contributed by atoms with Gasteiger partial charge in [-0.15, -0.1) is 0 Å². The molecule has 0 heterocycles. The highest BCUT2D eigenvalue weighted by Crippen LogP contribution is 2.42. The summed E-state index contributed by atoms with van der Waals surface area (Å²) >= 11 is 0. The third-order valence-electron chi connectivity index (χ3n) is 6.30. The topological polar surface area (TPSA) is 116 Å². The first-order valence-electron chi connectivity index (χ1n) is 13.6. The lowest BCUT2D eigenvalue weighted by Gasteiger charge is -2.23. The van der Waals surface area contributed by atoms with Crippen LogP contribution in [0.25, 0.3) is 0 Å². The molecule has 10 nitrogen and oxygen atoms in total. The number of methoxy groups -OCH3 is 2. The van der Waals surface area contributed by atoms with Gasteiger partial charge in [-0.1, -0.05) is 45.1 Å². The highest BCUT2D eigenvalue weighted by Gasteiger charge is 2.30. The maximum atomic E-state index is 12.5. The summed E-state index contributed by atoms with van der Waals surface area (Å²) in [6, 6.07) is 0. The van der Waals surface area contributed by atoms with Gasteiger partial charge in [-0.25, -0.2) is 4.79 Å². The van der Waals surface area contributed by atoms with Crippen molar-refractivity contribution in [3.05, 3.63) is 34.8 Å². The fraction of sp³-hybridized carbons (Fsp3) is 0.679. The minimum absolute atomic E-state index is 0.0922. The molecule has 0 aromatic heterocycles. The SMILES string of the molecule is C=C1C(CCCCCCCCCCOC(=O)NCCOP(=C)(O)OCCN(C)C)=C(C)C(=O)C(OC)=C1OC. The third-order valence-corrected chi connectivity index (χ3v) is 7.47. The second kappa shape index (κ2) is 19.1. The molecular weight excluding hydrogens is 523 g/mol. The van der Waals surface area contributed by atoms with E-state index in [4.69, 9.17) is 23.3 Å². The second-order valence-corrected chi connectivity index (χ2v) is 11.5. The second-order valence-electron chi connectivity index (χ2n) is 9.73. The predicted octanol–water partition coefficient (Wildman–Crippen LogP) is 4.97. The highest BCUT2D eigenvalue weighted by atomic mass is 31.2. The largest absolute Gasteiger partial charge is 0.492 e. The van der Waals surface area contributed by atoms with Crippen LogP contribution in [0.1, 0.15) is 64.7 Å². The van der Waals surface area contributed by atoms with E-state index in [1.54, 1.807) is 0 Å². The van der Waals surface area contributed by atoms with Crippen molar-refractivity contribution in [3.63, 3.8) is 0 Å². The Morgan fingerprint density at radius 3 is 2.08 bits per heavy atom. The normalized spacial score (nSPS) is 15.6. The Hall–Kier alpha value is -2.10. The summed E-state index contributed by atoms with van der Waals surface area (Å²) in [6.07, 6.45) is 12.3. The Morgan fingerprint density at radius 2 is 1.49 bits per heavy atom. The van der Waals surface area contributed by atoms with Crippen LogP contribution in [-0.4, -0.2) is 89.2 Å². The summed E-state index contributed by atoms with van der Waals surface area (Å²) in [6.45, 7) is 7.57. The Bertz CT molecular complexity index is 913. The number of rotatable bonds is 21. The molecule has 1 unspecified atom stereocenters. The zero-order chi connectivity index (χ0) is 29.3. The number of carbonyl (C=O) groups excluding carboxylic acids is 2. The van der Waals surface area contributed by atoms with E-state index in [-0.39, 0.29) is 24.7 Å². The standard InChI is InChI=1S/C28H49N2O8P/c1-22-24(23(2)26(34-5)27(35-6)25(22)31)16-14-12-10-8-9-11-13-15-19-36-28(32)29-17-20-37-39(7,33)38-21-18-30(3)4/h33H,2,7-21H2,1,3-6H3,(H,29,32). The van der Waals surface area contributed by atoms with E-state index in [0.717, 1.165) is 68.9 Å². The molecule has 0 saturated heterocycles. The number of hydrogen-bond donors (Lipinski definition) is 2. The van der Waals surface area contributed by atoms with E-state index in [0.29, 0.717) is 31.1 Å². The lowest BCUT2D eigenvalue weighted by Crippen LogP contribution is -2.28. The lowest BCUT2D eigenvalue weighted by molar-refractivity contribution is -0.115. The fourth-order valence-electron chi connectivity index (χ4n) is 4.08. The number of carbonyl (C=O) groups is 2.